The molecule has 0 bridgehead atoms. The van der Waals surface area contributed by atoms with Crippen molar-refractivity contribution < 1.29 is 8.42 Å². The molecule has 1 aliphatic rings. The molecular formula is C11H19N3O2S3. The molecule has 2 unspecified atom stereocenters. The van der Waals surface area contributed by atoms with E-state index in [2.05, 4.69) is 4.98 Å². The number of nitrogens with zero attached hydrogens (tertiary/aromatic N) is 2. The molecule has 0 saturated carbocycles. The predicted molar refractivity (Wildman–Crippen MR) is 82.6 cm³/mol. The van der Waals surface area contributed by atoms with E-state index in [1.807, 2.05) is 11.8 Å². The lowest BCUT2D eigenvalue weighted by Gasteiger charge is -2.34. The molecule has 8 heteroatoms. The van der Waals surface area contributed by atoms with Crippen molar-refractivity contribution in [2.24, 2.45) is 5.73 Å². The molecule has 0 amide bonds. The van der Waals surface area contributed by atoms with Crippen molar-refractivity contribution in [1.29, 1.82) is 0 Å². The molecule has 1 aromatic heterocycles. The maximum Gasteiger partial charge on any atom is 0.186 e. The van der Waals surface area contributed by atoms with Crippen LogP contribution in [0.25, 0.3) is 0 Å². The number of hydrogen-bond acceptors (Lipinski definition) is 7. The van der Waals surface area contributed by atoms with Gasteiger partial charge < -0.3 is 10.6 Å². The van der Waals surface area contributed by atoms with Crippen LogP contribution in [0, 0.1) is 0 Å². The van der Waals surface area contributed by atoms with Gasteiger partial charge in [0.05, 0.1) is 0 Å². The topological polar surface area (TPSA) is 76.3 Å². The Morgan fingerprint density at radius 3 is 2.95 bits per heavy atom. The molecule has 1 aromatic rings. The summed E-state index contributed by atoms with van der Waals surface area (Å²) in [6.07, 6.45) is 1.75. The van der Waals surface area contributed by atoms with Gasteiger partial charge in [-0.05, 0) is 6.92 Å². The summed E-state index contributed by atoms with van der Waals surface area (Å²) in [5.74, 6) is 1.71. The van der Waals surface area contributed by atoms with E-state index in [0.717, 1.165) is 22.3 Å². The Labute approximate surface area is 122 Å². The van der Waals surface area contributed by atoms with Gasteiger partial charge in [0.1, 0.15) is 5.37 Å². The lowest BCUT2D eigenvalue weighted by atomic mass is 10.3. The Morgan fingerprint density at radius 2 is 2.37 bits per heavy atom. The number of hydrogen-bond donors (Lipinski definition) is 1. The summed E-state index contributed by atoms with van der Waals surface area (Å²) in [7, 11) is -3.09. The Balaban J connectivity index is 2.29. The largest absolute Gasteiger partial charge is 0.329 e. The molecule has 2 atom stereocenters. The van der Waals surface area contributed by atoms with Crippen molar-refractivity contribution in [3.05, 3.63) is 11.1 Å². The van der Waals surface area contributed by atoms with E-state index in [0.29, 0.717) is 5.75 Å². The Morgan fingerprint density at radius 1 is 1.63 bits per heavy atom. The van der Waals surface area contributed by atoms with Crippen LogP contribution in [0.3, 0.4) is 0 Å². The molecule has 5 nitrogen and oxygen atoms in total. The average molecular weight is 321 g/mol. The standard InChI is InChI=1S/C11H19N3O2S3/c1-3-19(15,16)10-7-17-5-4-14(10)11-13-6-9(18-11)8(2)12/h6,8,10H,3-5,7,12H2,1-2H3. The van der Waals surface area contributed by atoms with Gasteiger partial charge in [-0.25, -0.2) is 13.4 Å². The molecular weight excluding hydrogens is 302 g/mol. The van der Waals surface area contributed by atoms with Crippen molar-refractivity contribution >= 4 is 38.1 Å². The number of anilines is 1. The van der Waals surface area contributed by atoms with Gasteiger partial charge in [0.25, 0.3) is 0 Å². The van der Waals surface area contributed by atoms with Crippen LogP contribution in [0.15, 0.2) is 6.20 Å². The van der Waals surface area contributed by atoms with Gasteiger partial charge in [-0.15, -0.1) is 11.3 Å². The second kappa shape index (κ2) is 5.99. The lowest BCUT2D eigenvalue weighted by Crippen LogP contribution is -2.47. The van der Waals surface area contributed by atoms with Gasteiger partial charge in [0.2, 0.25) is 0 Å². The van der Waals surface area contributed by atoms with Crippen molar-refractivity contribution in [2.45, 2.75) is 25.3 Å². The number of sulfone groups is 1. The molecule has 2 rings (SSSR count). The van der Waals surface area contributed by atoms with E-state index < -0.39 is 15.2 Å². The number of rotatable bonds is 4. The van der Waals surface area contributed by atoms with E-state index in [1.54, 1.807) is 24.9 Å². The molecule has 1 saturated heterocycles. The number of thioether (sulfide) groups is 1. The summed E-state index contributed by atoms with van der Waals surface area (Å²) in [5, 5.41) is 0.318. The molecule has 0 aromatic carbocycles. The second-order valence-electron chi connectivity index (χ2n) is 4.51. The van der Waals surface area contributed by atoms with E-state index in [-0.39, 0.29) is 11.8 Å². The highest BCUT2D eigenvalue weighted by molar-refractivity contribution is 8.01. The third-order valence-corrected chi connectivity index (χ3v) is 7.63. The first-order valence-electron chi connectivity index (χ1n) is 6.23. The fraction of sp³-hybridized carbons (Fsp3) is 0.727. The fourth-order valence-electron chi connectivity index (χ4n) is 1.91. The molecule has 0 radical (unpaired) electrons. The molecule has 108 valence electrons. The number of aromatic nitrogens is 1. The Kier molecular flexibility index (Phi) is 4.75. The summed E-state index contributed by atoms with van der Waals surface area (Å²) in [4.78, 5) is 7.26. The Hall–Kier alpha value is -0.310. The van der Waals surface area contributed by atoms with Gasteiger partial charge in [-0.1, -0.05) is 6.92 Å². The first kappa shape index (κ1) is 15.1. The lowest BCUT2D eigenvalue weighted by molar-refractivity contribution is 0.579. The zero-order chi connectivity index (χ0) is 14.0. The zero-order valence-electron chi connectivity index (χ0n) is 11.1. The SMILES string of the molecule is CCS(=O)(=O)C1CSCCN1c1ncc(C(C)N)s1. The average Bonchev–Trinajstić information content (AvgIpc) is 2.88. The van der Waals surface area contributed by atoms with Crippen molar-refractivity contribution in [3.8, 4) is 0 Å². The second-order valence-corrected chi connectivity index (χ2v) is 9.15. The number of nitrogens with two attached hydrogens (primary N) is 1. The monoisotopic (exact) mass is 321 g/mol. The van der Waals surface area contributed by atoms with Crippen molar-refractivity contribution in [2.75, 3.05) is 28.7 Å². The van der Waals surface area contributed by atoms with E-state index in [4.69, 9.17) is 5.73 Å². The van der Waals surface area contributed by atoms with Gasteiger partial charge in [0, 0.05) is 40.9 Å². The molecule has 1 aliphatic heterocycles. The minimum atomic E-state index is -3.09. The predicted octanol–water partition coefficient (Wildman–Crippen LogP) is 1.48. The van der Waals surface area contributed by atoms with Crippen molar-refractivity contribution in [3.63, 3.8) is 0 Å². The first-order chi connectivity index (χ1) is 8.95. The minimum absolute atomic E-state index is 0.0633. The van der Waals surface area contributed by atoms with Crippen molar-refractivity contribution in [1.82, 2.24) is 4.98 Å². The minimum Gasteiger partial charge on any atom is -0.329 e. The third-order valence-electron chi connectivity index (χ3n) is 3.11. The normalized spacial score (nSPS) is 22.5. The molecule has 1 fully saturated rings. The number of thiazole rings is 1. The van der Waals surface area contributed by atoms with Crippen LogP contribution < -0.4 is 10.6 Å². The van der Waals surface area contributed by atoms with E-state index in [9.17, 15) is 8.42 Å². The molecule has 2 N–H and O–H groups in total. The summed E-state index contributed by atoms with van der Waals surface area (Å²) < 4.78 is 24.4. The quantitative estimate of drug-likeness (QED) is 0.905. The highest BCUT2D eigenvalue weighted by Crippen LogP contribution is 2.32. The van der Waals surface area contributed by atoms with Crippen LogP contribution in [-0.4, -0.2) is 42.6 Å². The van der Waals surface area contributed by atoms with Crippen LogP contribution in [0.4, 0.5) is 5.13 Å². The Bertz CT molecular complexity index is 527. The molecule has 0 spiro atoms. The first-order valence-corrected chi connectivity index (χ1v) is 9.91. The maximum absolute atomic E-state index is 12.2. The van der Waals surface area contributed by atoms with Gasteiger partial charge >= 0.3 is 0 Å². The van der Waals surface area contributed by atoms with Crippen LogP contribution in [-0.2, 0) is 9.84 Å². The molecule has 2 heterocycles. The van der Waals surface area contributed by atoms with Crippen LogP contribution >= 0.6 is 23.1 Å². The van der Waals surface area contributed by atoms with Crippen LogP contribution in [0.1, 0.15) is 24.8 Å². The smallest absolute Gasteiger partial charge is 0.186 e. The maximum atomic E-state index is 12.2. The zero-order valence-corrected chi connectivity index (χ0v) is 13.5. The molecule has 19 heavy (non-hydrogen) atoms. The highest BCUT2D eigenvalue weighted by atomic mass is 32.2. The summed E-state index contributed by atoms with van der Waals surface area (Å²) in [5.41, 5.74) is 5.83. The van der Waals surface area contributed by atoms with Gasteiger partial charge in [0.15, 0.2) is 15.0 Å². The summed E-state index contributed by atoms with van der Waals surface area (Å²) in [6.45, 7) is 4.33. The summed E-state index contributed by atoms with van der Waals surface area (Å²) >= 11 is 3.18. The van der Waals surface area contributed by atoms with E-state index >= 15 is 0 Å². The van der Waals surface area contributed by atoms with Crippen LogP contribution in [0.5, 0.6) is 0 Å². The summed E-state index contributed by atoms with van der Waals surface area (Å²) in [6, 6.07) is -0.0633. The van der Waals surface area contributed by atoms with Gasteiger partial charge in [-0.3, -0.25) is 0 Å². The van der Waals surface area contributed by atoms with E-state index in [1.165, 1.54) is 11.3 Å². The fourth-order valence-corrected chi connectivity index (χ4v) is 5.89. The van der Waals surface area contributed by atoms with Crippen LogP contribution in [0.2, 0.25) is 0 Å². The molecule has 0 aliphatic carbocycles. The highest BCUT2D eigenvalue weighted by Gasteiger charge is 2.34. The third kappa shape index (κ3) is 3.24. The van der Waals surface area contributed by atoms with Gasteiger partial charge in [-0.2, -0.15) is 11.8 Å².